The first kappa shape index (κ1) is 23.6. The highest BCUT2D eigenvalue weighted by Gasteiger charge is 2.27. The van der Waals surface area contributed by atoms with Crippen LogP contribution in [0, 0.1) is 0 Å². The molecule has 2 atom stereocenters. The van der Waals surface area contributed by atoms with Crippen LogP contribution in [-0.4, -0.2) is 29.6 Å². The zero-order valence-electron chi connectivity index (χ0n) is 17.4. The van der Waals surface area contributed by atoms with Crippen molar-refractivity contribution in [1.29, 1.82) is 0 Å². The molecular formula is C23H45NO2. The number of Topliss-reactive ketones (excluding diaryl/α,β-unsaturated/α-hetero) is 1. The quantitative estimate of drug-likeness (QED) is 0.295. The summed E-state index contributed by atoms with van der Waals surface area (Å²) in [4.78, 5) is 12.0. The fraction of sp³-hybridized carbons (Fsp3) is 0.957. The van der Waals surface area contributed by atoms with Gasteiger partial charge in [-0.15, -0.1) is 0 Å². The van der Waals surface area contributed by atoms with Gasteiger partial charge in [-0.3, -0.25) is 4.79 Å². The van der Waals surface area contributed by atoms with Gasteiger partial charge in [-0.2, -0.15) is 0 Å². The first-order valence-corrected chi connectivity index (χ1v) is 11.7. The molecule has 1 aliphatic rings. The molecule has 154 valence electrons. The van der Waals surface area contributed by atoms with Crippen LogP contribution in [0.2, 0.25) is 0 Å². The molecule has 1 saturated heterocycles. The second-order valence-corrected chi connectivity index (χ2v) is 8.31. The predicted molar refractivity (Wildman–Crippen MR) is 112 cm³/mol. The highest BCUT2D eigenvalue weighted by atomic mass is 16.3. The minimum Gasteiger partial charge on any atom is -0.385 e. The lowest BCUT2D eigenvalue weighted by Gasteiger charge is -2.14. The summed E-state index contributed by atoms with van der Waals surface area (Å²) in [5.41, 5.74) is 0. The summed E-state index contributed by atoms with van der Waals surface area (Å²) in [5.74, 6) is 0.0212. The molecule has 0 aromatic heterocycles. The highest BCUT2D eigenvalue weighted by molar-refractivity contribution is 5.88. The smallest absolute Gasteiger partial charge is 0.178 e. The number of aliphatic hydroxyl groups excluding tert-OH is 1. The van der Waals surface area contributed by atoms with Crippen molar-refractivity contribution in [3.8, 4) is 0 Å². The fourth-order valence-corrected chi connectivity index (χ4v) is 4.01. The number of carbonyl (C=O) groups is 1. The molecule has 1 unspecified atom stereocenters. The number of nitrogens with one attached hydrogen (secondary N) is 1. The number of rotatable bonds is 18. The number of carbonyl (C=O) groups excluding carboxylic acids is 1. The molecule has 3 heteroatoms. The highest BCUT2D eigenvalue weighted by Crippen LogP contribution is 2.15. The van der Waals surface area contributed by atoms with Crippen molar-refractivity contribution in [2.24, 2.45) is 0 Å². The lowest BCUT2D eigenvalue weighted by atomic mass is 10.00. The number of hydrogen-bond acceptors (Lipinski definition) is 3. The Bertz CT molecular complexity index is 326. The Morgan fingerprint density at radius 3 is 1.73 bits per heavy atom. The Kier molecular flexibility index (Phi) is 15.2. The zero-order valence-corrected chi connectivity index (χ0v) is 17.4. The van der Waals surface area contributed by atoms with Gasteiger partial charge in [0.15, 0.2) is 5.78 Å². The Balaban J connectivity index is 1.77. The van der Waals surface area contributed by atoms with Gasteiger partial charge < -0.3 is 10.4 Å². The van der Waals surface area contributed by atoms with Crippen LogP contribution in [-0.2, 0) is 4.79 Å². The standard InChI is InChI=1S/C23H45NO2/c1-2-3-4-5-6-7-8-9-10-11-12-13-14-15-16-19-22(25)23(26)21-18-17-20-24-21/h21-22,24-25H,2-20H2,1H3/t21-,22?/m0/s1. The molecule has 26 heavy (non-hydrogen) atoms. The summed E-state index contributed by atoms with van der Waals surface area (Å²) in [6.45, 7) is 3.20. The van der Waals surface area contributed by atoms with E-state index in [0.717, 1.165) is 32.2 Å². The average Bonchev–Trinajstić information content (AvgIpc) is 3.18. The van der Waals surface area contributed by atoms with Gasteiger partial charge in [0.1, 0.15) is 6.10 Å². The SMILES string of the molecule is CCCCCCCCCCCCCCCCCC(O)C(=O)[C@@H]1CCCN1. The molecule has 3 nitrogen and oxygen atoms in total. The van der Waals surface area contributed by atoms with Crippen molar-refractivity contribution in [3.05, 3.63) is 0 Å². The Labute approximate surface area is 162 Å². The summed E-state index contributed by atoms with van der Waals surface area (Å²) in [6.07, 6.45) is 22.0. The molecule has 0 spiro atoms. The monoisotopic (exact) mass is 367 g/mol. The number of hydrogen-bond donors (Lipinski definition) is 2. The van der Waals surface area contributed by atoms with Gasteiger partial charge >= 0.3 is 0 Å². The molecule has 1 heterocycles. The van der Waals surface area contributed by atoms with E-state index in [1.165, 1.54) is 83.5 Å². The lowest BCUT2D eigenvalue weighted by Crippen LogP contribution is -2.38. The molecule has 0 amide bonds. The first-order chi connectivity index (χ1) is 12.8. The minimum atomic E-state index is -0.743. The van der Waals surface area contributed by atoms with Crippen molar-refractivity contribution in [1.82, 2.24) is 5.32 Å². The van der Waals surface area contributed by atoms with Gasteiger partial charge in [0.05, 0.1) is 6.04 Å². The Hall–Kier alpha value is -0.410. The molecule has 1 rings (SSSR count). The van der Waals surface area contributed by atoms with Crippen molar-refractivity contribution in [2.75, 3.05) is 6.54 Å². The maximum Gasteiger partial charge on any atom is 0.178 e. The van der Waals surface area contributed by atoms with E-state index in [1.54, 1.807) is 0 Å². The molecule has 0 aromatic carbocycles. The van der Waals surface area contributed by atoms with Crippen LogP contribution in [0.1, 0.15) is 122 Å². The van der Waals surface area contributed by atoms with Gasteiger partial charge in [0.2, 0.25) is 0 Å². The Morgan fingerprint density at radius 1 is 0.846 bits per heavy atom. The molecule has 0 aromatic rings. The topological polar surface area (TPSA) is 49.3 Å². The van der Waals surface area contributed by atoms with E-state index in [9.17, 15) is 9.90 Å². The molecule has 0 aliphatic carbocycles. The van der Waals surface area contributed by atoms with Crippen LogP contribution in [0.4, 0.5) is 0 Å². The van der Waals surface area contributed by atoms with E-state index >= 15 is 0 Å². The van der Waals surface area contributed by atoms with Gasteiger partial charge in [-0.25, -0.2) is 0 Å². The van der Waals surface area contributed by atoms with Crippen LogP contribution >= 0.6 is 0 Å². The molecule has 0 radical (unpaired) electrons. The van der Waals surface area contributed by atoms with E-state index in [1.807, 2.05) is 0 Å². The molecular weight excluding hydrogens is 322 g/mol. The van der Waals surface area contributed by atoms with Gasteiger partial charge in [0.25, 0.3) is 0 Å². The molecule has 0 saturated carbocycles. The van der Waals surface area contributed by atoms with Crippen molar-refractivity contribution in [3.63, 3.8) is 0 Å². The van der Waals surface area contributed by atoms with E-state index in [4.69, 9.17) is 0 Å². The second kappa shape index (κ2) is 16.7. The molecule has 1 fully saturated rings. The molecule has 2 N–H and O–H groups in total. The number of unbranched alkanes of at least 4 members (excludes halogenated alkanes) is 14. The summed E-state index contributed by atoms with van der Waals surface area (Å²) in [6, 6.07) is -0.0821. The van der Waals surface area contributed by atoms with Crippen LogP contribution in [0.25, 0.3) is 0 Å². The summed E-state index contributed by atoms with van der Waals surface area (Å²) >= 11 is 0. The van der Waals surface area contributed by atoms with Crippen molar-refractivity contribution >= 4 is 5.78 Å². The van der Waals surface area contributed by atoms with Gasteiger partial charge in [0, 0.05) is 0 Å². The van der Waals surface area contributed by atoms with Crippen LogP contribution in [0.3, 0.4) is 0 Å². The summed E-state index contributed by atoms with van der Waals surface area (Å²) in [7, 11) is 0. The third kappa shape index (κ3) is 12.1. The normalized spacial score (nSPS) is 18.3. The molecule has 1 aliphatic heterocycles. The predicted octanol–water partition coefficient (Wildman–Crippen LogP) is 5.93. The van der Waals surface area contributed by atoms with E-state index in [2.05, 4.69) is 12.2 Å². The van der Waals surface area contributed by atoms with E-state index < -0.39 is 6.10 Å². The fourth-order valence-electron chi connectivity index (χ4n) is 4.01. The third-order valence-electron chi connectivity index (χ3n) is 5.81. The minimum absolute atomic E-state index is 0.0212. The zero-order chi connectivity index (χ0) is 18.9. The van der Waals surface area contributed by atoms with Crippen molar-refractivity contribution < 1.29 is 9.90 Å². The molecule has 0 bridgehead atoms. The largest absolute Gasteiger partial charge is 0.385 e. The van der Waals surface area contributed by atoms with Crippen molar-refractivity contribution in [2.45, 2.75) is 135 Å². The second-order valence-electron chi connectivity index (χ2n) is 8.31. The average molecular weight is 368 g/mol. The lowest BCUT2D eigenvalue weighted by molar-refractivity contribution is -0.129. The van der Waals surface area contributed by atoms with Gasteiger partial charge in [-0.05, 0) is 25.8 Å². The number of aliphatic hydroxyl groups is 1. The van der Waals surface area contributed by atoms with E-state index in [-0.39, 0.29) is 11.8 Å². The maximum absolute atomic E-state index is 12.0. The van der Waals surface area contributed by atoms with Gasteiger partial charge in [-0.1, -0.05) is 103 Å². The summed E-state index contributed by atoms with van der Waals surface area (Å²) in [5, 5.41) is 13.2. The Morgan fingerprint density at radius 2 is 1.31 bits per heavy atom. The van der Waals surface area contributed by atoms with Crippen LogP contribution in [0.5, 0.6) is 0 Å². The third-order valence-corrected chi connectivity index (χ3v) is 5.81. The van der Waals surface area contributed by atoms with Crippen LogP contribution < -0.4 is 5.32 Å². The first-order valence-electron chi connectivity index (χ1n) is 11.7. The number of ketones is 1. The van der Waals surface area contributed by atoms with Crippen LogP contribution in [0.15, 0.2) is 0 Å². The maximum atomic E-state index is 12.0. The van der Waals surface area contributed by atoms with E-state index in [0.29, 0.717) is 6.42 Å². The summed E-state index contributed by atoms with van der Waals surface area (Å²) < 4.78 is 0.